The fraction of sp³-hybridized carbons (Fsp3) is 0.389. The van der Waals surface area contributed by atoms with Crippen molar-refractivity contribution in [3.8, 4) is 5.75 Å². The Morgan fingerprint density at radius 1 is 1.23 bits per heavy atom. The lowest BCUT2D eigenvalue weighted by Gasteiger charge is -2.20. The van der Waals surface area contributed by atoms with Crippen molar-refractivity contribution in [3.63, 3.8) is 0 Å². The minimum Gasteiger partial charge on any atom is -0.495 e. The summed E-state index contributed by atoms with van der Waals surface area (Å²) >= 11 is 6.12. The van der Waals surface area contributed by atoms with E-state index >= 15 is 0 Å². The van der Waals surface area contributed by atoms with Gasteiger partial charge in [-0.3, -0.25) is 4.79 Å². The molecule has 8 heteroatoms. The van der Waals surface area contributed by atoms with E-state index in [1.165, 1.54) is 0 Å². The second-order valence-corrected chi connectivity index (χ2v) is 6.51. The van der Waals surface area contributed by atoms with Crippen LogP contribution in [0.4, 0.5) is 17.3 Å². The van der Waals surface area contributed by atoms with Gasteiger partial charge < -0.3 is 20.1 Å². The van der Waals surface area contributed by atoms with Crippen LogP contribution in [0.15, 0.2) is 24.3 Å². The summed E-state index contributed by atoms with van der Waals surface area (Å²) in [6, 6.07) is 7.08. The summed E-state index contributed by atoms with van der Waals surface area (Å²) in [4.78, 5) is 12.2. The second-order valence-electron chi connectivity index (χ2n) is 6.11. The van der Waals surface area contributed by atoms with Crippen LogP contribution >= 0.6 is 11.6 Å². The zero-order valence-corrected chi connectivity index (χ0v) is 15.5. The zero-order chi connectivity index (χ0) is 18.5. The summed E-state index contributed by atoms with van der Waals surface area (Å²) in [5, 5.41) is 14.8. The molecule has 0 radical (unpaired) electrons. The molecule has 0 spiro atoms. The summed E-state index contributed by atoms with van der Waals surface area (Å²) in [5.41, 5.74) is 1.66. The molecule has 0 atom stereocenters. The number of hydrogen-bond acceptors (Lipinski definition) is 6. The normalized spacial score (nSPS) is 14.7. The van der Waals surface area contributed by atoms with E-state index in [9.17, 15) is 4.79 Å². The van der Waals surface area contributed by atoms with Crippen molar-refractivity contribution in [3.05, 3.63) is 34.9 Å². The van der Waals surface area contributed by atoms with Gasteiger partial charge in [-0.15, -0.1) is 10.2 Å². The lowest BCUT2D eigenvalue weighted by molar-refractivity contribution is -0.122. The highest BCUT2D eigenvalue weighted by molar-refractivity contribution is 6.31. The van der Waals surface area contributed by atoms with Crippen LogP contribution in [0.2, 0.25) is 5.02 Å². The number of aromatic nitrogens is 2. The van der Waals surface area contributed by atoms with Gasteiger partial charge in [-0.2, -0.15) is 0 Å². The van der Waals surface area contributed by atoms with Crippen molar-refractivity contribution in [2.45, 2.75) is 19.8 Å². The summed E-state index contributed by atoms with van der Waals surface area (Å²) in [6.45, 7) is 3.15. The van der Waals surface area contributed by atoms with Crippen molar-refractivity contribution in [2.24, 2.45) is 5.92 Å². The SMILES string of the molecule is COc1cc(Cl)c(C)cc1Nc1ccc(NC(=O)C2CCOCC2)nn1. The number of nitrogens with one attached hydrogen (secondary N) is 2. The van der Waals surface area contributed by atoms with Crippen molar-refractivity contribution >= 4 is 34.8 Å². The number of hydrogen-bond donors (Lipinski definition) is 2. The number of carbonyl (C=O) groups excluding carboxylic acids is 1. The van der Waals surface area contributed by atoms with E-state index in [-0.39, 0.29) is 11.8 Å². The first-order chi connectivity index (χ1) is 12.6. The topological polar surface area (TPSA) is 85.4 Å². The van der Waals surface area contributed by atoms with Gasteiger partial charge in [0.05, 0.1) is 12.8 Å². The molecule has 3 rings (SSSR count). The largest absolute Gasteiger partial charge is 0.495 e. The minimum absolute atomic E-state index is 0.0374. The van der Waals surface area contributed by atoms with E-state index in [1.54, 1.807) is 25.3 Å². The van der Waals surface area contributed by atoms with E-state index in [2.05, 4.69) is 20.8 Å². The first kappa shape index (κ1) is 18.4. The smallest absolute Gasteiger partial charge is 0.228 e. The van der Waals surface area contributed by atoms with Crippen molar-refractivity contribution in [1.29, 1.82) is 0 Å². The standard InChI is InChI=1S/C18H21ClN4O3/c1-11-9-14(15(25-2)10-13(11)19)20-16-3-4-17(23-22-16)21-18(24)12-5-7-26-8-6-12/h3-4,9-10,12H,5-8H2,1-2H3,(H,20,22)(H,21,23,24). The number of benzene rings is 1. The molecule has 1 saturated heterocycles. The summed E-state index contributed by atoms with van der Waals surface area (Å²) < 4.78 is 10.6. The Hall–Kier alpha value is -2.38. The number of methoxy groups -OCH3 is 1. The number of carbonyl (C=O) groups is 1. The third-order valence-electron chi connectivity index (χ3n) is 4.25. The average Bonchev–Trinajstić information content (AvgIpc) is 2.66. The molecule has 0 unspecified atom stereocenters. The van der Waals surface area contributed by atoms with Gasteiger partial charge in [0, 0.05) is 30.2 Å². The first-order valence-electron chi connectivity index (χ1n) is 8.40. The molecule has 2 aromatic rings. The minimum atomic E-state index is -0.0432. The molecule has 7 nitrogen and oxygen atoms in total. The number of halogens is 1. The molecule has 2 N–H and O–H groups in total. The highest BCUT2D eigenvalue weighted by Crippen LogP contribution is 2.32. The average molecular weight is 377 g/mol. The van der Waals surface area contributed by atoms with Gasteiger partial charge in [-0.25, -0.2) is 0 Å². The number of anilines is 3. The second kappa shape index (κ2) is 8.33. The Kier molecular flexibility index (Phi) is 5.90. The molecule has 1 aliphatic heterocycles. The molecular formula is C18H21ClN4O3. The number of aryl methyl sites for hydroxylation is 1. The maximum Gasteiger partial charge on any atom is 0.228 e. The van der Waals surface area contributed by atoms with Gasteiger partial charge in [-0.05, 0) is 43.5 Å². The van der Waals surface area contributed by atoms with E-state index in [4.69, 9.17) is 21.1 Å². The lowest BCUT2D eigenvalue weighted by Crippen LogP contribution is -2.28. The van der Waals surface area contributed by atoms with Crippen LogP contribution in [-0.4, -0.2) is 36.4 Å². The Morgan fingerprint density at radius 2 is 1.92 bits per heavy atom. The molecule has 2 heterocycles. The molecular weight excluding hydrogens is 356 g/mol. The maximum absolute atomic E-state index is 12.2. The molecule has 0 saturated carbocycles. The van der Waals surface area contributed by atoms with Gasteiger partial charge >= 0.3 is 0 Å². The molecule has 1 aromatic heterocycles. The number of ether oxygens (including phenoxy) is 2. The van der Waals surface area contributed by atoms with Crippen LogP contribution in [0.1, 0.15) is 18.4 Å². The van der Waals surface area contributed by atoms with Gasteiger partial charge in [-0.1, -0.05) is 11.6 Å². The summed E-state index contributed by atoms with van der Waals surface area (Å²) in [5.74, 6) is 1.49. The van der Waals surface area contributed by atoms with Crippen LogP contribution in [0.25, 0.3) is 0 Å². The van der Waals surface area contributed by atoms with Crippen LogP contribution in [-0.2, 0) is 9.53 Å². The molecule has 26 heavy (non-hydrogen) atoms. The van der Waals surface area contributed by atoms with Gasteiger partial charge in [0.25, 0.3) is 0 Å². The fourth-order valence-corrected chi connectivity index (χ4v) is 2.88. The zero-order valence-electron chi connectivity index (χ0n) is 14.7. The van der Waals surface area contributed by atoms with Crippen molar-refractivity contribution < 1.29 is 14.3 Å². The highest BCUT2D eigenvalue weighted by atomic mass is 35.5. The highest BCUT2D eigenvalue weighted by Gasteiger charge is 2.21. The summed E-state index contributed by atoms with van der Waals surface area (Å²) in [6.07, 6.45) is 1.46. The van der Waals surface area contributed by atoms with Crippen LogP contribution < -0.4 is 15.4 Å². The molecule has 1 fully saturated rings. The molecule has 1 amide bonds. The molecule has 0 aliphatic carbocycles. The quantitative estimate of drug-likeness (QED) is 0.829. The Balaban J connectivity index is 1.66. The van der Waals surface area contributed by atoms with Gasteiger partial charge in [0.2, 0.25) is 5.91 Å². The molecule has 1 aromatic carbocycles. The van der Waals surface area contributed by atoms with Crippen molar-refractivity contribution in [1.82, 2.24) is 10.2 Å². The third-order valence-corrected chi connectivity index (χ3v) is 4.66. The Morgan fingerprint density at radius 3 is 2.58 bits per heavy atom. The predicted molar refractivity (Wildman–Crippen MR) is 100 cm³/mol. The number of amides is 1. The van der Waals surface area contributed by atoms with E-state index in [0.717, 1.165) is 24.1 Å². The number of rotatable bonds is 5. The lowest BCUT2D eigenvalue weighted by atomic mass is 9.99. The monoisotopic (exact) mass is 376 g/mol. The molecule has 0 bridgehead atoms. The van der Waals surface area contributed by atoms with E-state index in [0.29, 0.717) is 35.6 Å². The van der Waals surface area contributed by atoms with Gasteiger partial charge in [0.1, 0.15) is 5.75 Å². The Bertz CT molecular complexity index is 777. The van der Waals surface area contributed by atoms with E-state index in [1.807, 2.05) is 13.0 Å². The van der Waals surface area contributed by atoms with Crippen LogP contribution in [0.3, 0.4) is 0 Å². The van der Waals surface area contributed by atoms with E-state index < -0.39 is 0 Å². The fourth-order valence-electron chi connectivity index (χ4n) is 2.72. The Labute approximate surface area is 157 Å². The van der Waals surface area contributed by atoms with Gasteiger partial charge in [0.15, 0.2) is 11.6 Å². The summed E-state index contributed by atoms with van der Waals surface area (Å²) in [7, 11) is 1.58. The predicted octanol–water partition coefficient (Wildman–Crippen LogP) is 3.56. The first-order valence-corrected chi connectivity index (χ1v) is 8.78. The maximum atomic E-state index is 12.2. The number of nitrogens with zero attached hydrogens (tertiary/aromatic N) is 2. The third kappa shape index (κ3) is 4.42. The van der Waals surface area contributed by atoms with Crippen molar-refractivity contribution in [2.75, 3.05) is 31.0 Å². The molecule has 138 valence electrons. The molecule has 1 aliphatic rings. The van der Waals surface area contributed by atoms with Crippen LogP contribution in [0, 0.1) is 12.8 Å². The van der Waals surface area contributed by atoms with Crippen LogP contribution in [0.5, 0.6) is 5.75 Å².